The normalized spacial score (nSPS) is 19.4. The van der Waals surface area contributed by atoms with Crippen LogP contribution in [-0.2, 0) is 9.47 Å². The van der Waals surface area contributed by atoms with Gasteiger partial charge in [0.25, 0.3) is 0 Å². The van der Waals surface area contributed by atoms with Crippen LogP contribution >= 0.6 is 0 Å². The number of hydrogen-bond donors (Lipinski definition) is 1. The first kappa shape index (κ1) is 20.6. The van der Waals surface area contributed by atoms with Gasteiger partial charge in [-0.2, -0.15) is 0 Å². The van der Waals surface area contributed by atoms with Crippen LogP contribution < -0.4 is 5.32 Å². The molecule has 1 unspecified atom stereocenters. The molecule has 1 saturated heterocycles. The smallest absolute Gasteiger partial charge is 0.410 e. The zero-order valence-electron chi connectivity index (χ0n) is 16.1. The molecule has 0 spiro atoms. The molecule has 1 aliphatic heterocycles. The molecular formula is C18H34N2O4. The molecule has 0 saturated carbocycles. The number of ether oxygens (including phenoxy) is 2. The minimum Gasteiger partial charge on any atom is -0.444 e. The van der Waals surface area contributed by atoms with Crippen molar-refractivity contribution in [2.75, 3.05) is 19.6 Å². The van der Waals surface area contributed by atoms with Crippen molar-refractivity contribution in [2.24, 2.45) is 5.92 Å². The molecule has 24 heavy (non-hydrogen) atoms. The molecule has 1 rings (SSSR count). The summed E-state index contributed by atoms with van der Waals surface area (Å²) in [7, 11) is 0. The maximum Gasteiger partial charge on any atom is 0.410 e. The average molecular weight is 342 g/mol. The molecule has 1 N–H and O–H groups in total. The van der Waals surface area contributed by atoms with Gasteiger partial charge in [0.05, 0.1) is 0 Å². The average Bonchev–Trinajstić information content (AvgIpc) is 2.60. The lowest BCUT2D eigenvalue weighted by atomic mass is 9.97. The predicted octanol–water partition coefficient (Wildman–Crippen LogP) is 3.94. The van der Waals surface area contributed by atoms with Gasteiger partial charge in [0.2, 0.25) is 0 Å². The number of carbonyl (C=O) groups excluding carboxylic acids is 2. The lowest BCUT2D eigenvalue weighted by Crippen LogP contribution is -2.37. The van der Waals surface area contributed by atoms with Gasteiger partial charge >= 0.3 is 12.2 Å². The first-order chi connectivity index (χ1) is 11.0. The largest absolute Gasteiger partial charge is 0.444 e. The quantitative estimate of drug-likeness (QED) is 0.843. The van der Waals surface area contributed by atoms with E-state index in [2.05, 4.69) is 5.32 Å². The fourth-order valence-corrected chi connectivity index (χ4v) is 2.66. The van der Waals surface area contributed by atoms with Crippen molar-refractivity contribution in [1.82, 2.24) is 10.2 Å². The SMILES string of the molecule is CC(C)(C)OC(=O)NCCC1CCCN(C(=O)OC(C)(C)C)CC1. The van der Waals surface area contributed by atoms with Crippen LogP contribution in [0.5, 0.6) is 0 Å². The van der Waals surface area contributed by atoms with Crippen molar-refractivity contribution >= 4 is 12.2 Å². The summed E-state index contributed by atoms with van der Waals surface area (Å²) in [6.07, 6.45) is 3.28. The molecule has 6 heteroatoms. The van der Waals surface area contributed by atoms with Crippen LogP contribution in [0.1, 0.15) is 67.2 Å². The first-order valence-corrected chi connectivity index (χ1v) is 8.91. The summed E-state index contributed by atoms with van der Waals surface area (Å²) < 4.78 is 10.7. The number of alkyl carbamates (subject to hydrolysis) is 1. The minimum atomic E-state index is -0.472. The van der Waals surface area contributed by atoms with E-state index < -0.39 is 11.2 Å². The highest BCUT2D eigenvalue weighted by Gasteiger charge is 2.25. The van der Waals surface area contributed by atoms with Crippen LogP contribution in [-0.4, -0.2) is 47.9 Å². The van der Waals surface area contributed by atoms with Crippen molar-refractivity contribution in [1.29, 1.82) is 0 Å². The second kappa shape index (κ2) is 8.58. The molecule has 2 amide bonds. The number of nitrogens with zero attached hydrogens (tertiary/aromatic N) is 1. The van der Waals surface area contributed by atoms with E-state index >= 15 is 0 Å². The third kappa shape index (κ3) is 8.99. The molecule has 0 aromatic rings. The lowest BCUT2D eigenvalue weighted by molar-refractivity contribution is 0.0255. The van der Waals surface area contributed by atoms with Gasteiger partial charge in [-0.25, -0.2) is 9.59 Å². The molecule has 0 radical (unpaired) electrons. The van der Waals surface area contributed by atoms with Crippen LogP contribution in [0.4, 0.5) is 9.59 Å². The number of carbonyl (C=O) groups is 2. The molecule has 1 heterocycles. The zero-order chi connectivity index (χ0) is 18.4. The third-order valence-corrected chi connectivity index (χ3v) is 3.72. The predicted molar refractivity (Wildman–Crippen MR) is 94.0 cm³/mol. The lowest BCUT2D eigenvalue weighted by Gasteiger charge is -2.26. The van der Waals surface area contributed by atoms with E-state index in [0.29, 0.717) is 19.0 Å². The third-order valence-electron chi connectivity index (χ3n) is 3.72. The molecule has 0 aromatic carbocycles. The Kier molecular flexibility index (Phi) is 7.36. The summed E-state index contributed by atoms with van der Waals surface area (Å²) in [5.74, 6) is 0.507. The second-order valence-corrected chi connectivity index (χ2v) is 8.48. The molecule has 1 atom stereocenters. The van der Waals surface area contributed by atoms with Gasteiger partial charge in [-0.15, -0.1) is 0 Å². The Balaban J connectivity index is 2.31. The summed E-state index contributed by atoms with van der Waals surface area (Å²) in [4.78, 5) is 25.6. The Labute approximate surface area is 146 Å². The molecule has 140 valence electrons. The Hall–Kier alpha value is -1.46. The Morgan fingerprint density at radius 1 is 1.00 bits per heavy atom. The van der Waals surface area contributed by atoms with Crippen LogP contribution in [0.25, 0.3) is 0 Å². The summed E-state index contributed by atoms with van der Waals surface area (Å²) in [6, 6.07) is 0. The van der Waals surface area contributed by atoms with E-state index in [-0.39, 0.29) is 12.2 Å². The Bertz CT molecular complexity index is 424. The zero-order valence-corrected chi connectivity index (χ0v) is 16.1. The summed E-state index contributed by atoms with van der Waals surface area (Å²) in [5.41, 5.74) is -0.930. The standard InChI is InChI=1S/C18H34N2O4/c1-17(2,3)23-15(21)19-11-9-14-8-7-12-20(13-10-14)16(22)24-18(4,5)6/h14H,7-13H2,1-6H3,(H,19,21). The van der Waals surface area contributed by atoms with E-state index in [1.54, 1.807) is 4.90 Å². The van der Waals surface area contributed by atoms with Gasteiger partial charge in [-0.05, 0) is 73.1 Å². The van der Waals surface area contributed by atoms with Crippen LogP contribution in [0.3, 0.4) is 0 Å². The van der Waals surface area contributed by atoms with E-state index in [1.807, 2.05) is 41.5 Å². The minimum absolute atomic E-state index is 0.227. The molecule has 1 fully saturated rings. The summed E-state index contributed by atoms with van der Waals surface area (Å²) in [5, 5.41) is 2.81. The fourth-order valence-electron chi connectivity index (χ4n) is 2.66. The van der Waals surface area contributed by atoms with E-state index in [9.17, 15) is 9.59 Å². The van der Waals surface area contributed by atoms with Crippen molar-refractivity contribution in [3.63, 3.8) is 0 Å². The van der Waals surface area contributed by atoms with Crippen LogP contribution in [0.2, 0.25) is 0 Å². The van der Waals surface area contributed by atoms with Gasteiger partial charge in [0, 0.05) is 19.6 Å². The van der Waals surface area contributed by atoms with Gasteiger partial charge in [-0.1, -0.05) is 0 Å². The van der Waals surface area contributed by atoms with Crippen LogP contribution in [0.15, 0.2) is 0 Å². The topological polar surface area (TPSA) is 67.9 Å². The highest BCUT2D eigenvalue weighted by atomic mass is 16.6. The highest BCUT2D eigenvalue weighted by molar-refractivity contribution is 5.68. The monoisotopic (exact) mass is 342 g/mol. The molecule has 0 aliphatic carbocycles. The van der Waals surface area contributed by atoms with E-state index in [1.165, 1.54) is 0 Å². The number of likely N-dealkylation sites (tertiary alicyclic amines) is 1. The number of nitrogens with one attached hydrogen (secondary N) is 1. The van der Waals surface area contributed by atoms with Crippen LogP contribution in [0, 0.1) is 5.92 Å². The molecule has 0 bridgehead atoms. The van der Waals surface area contributed by atoms with Crippen molar-refractivity contribution < 1.29 is 19.1 Å². The van der Waals surface area contributed by atoms with Gasteiger partial charge in [-0.3, -0.25) is 0 Å². The second-order valence-electron chi connectivity index (χ2n) is 8.48. The van der Waals surface area contributed by atoms with Gasteiger partial charge in [0.15, 0.2) is 0 Å². The number of hydrogen-bond acceptors (Lipinski definition) is 4. The van der Waals surface area contributed by atoms with Crippen molar-refractivity contribution in [2.45, 2.75) is 78.4 Å². The highest BCUT2D eigenvalue weighted by Crippen LogP contribution is 2.22. The Morgan fingerprint density at radius 2 is 1.62 bits per heavy atom. The van der Waals surface area contributed by atoms with Crippen molar-refractivity contribution in [3.05, 3.63) is 0 Å². The maximum atomic E-state index is 12.1. The molecule has 6 nitrogen and oxygen atoms in total. The van der Waals surface area contributed by atoms with E-state index in [4.69, 9.17) is 9.47 Å². The summed E-state index contributed by atoms with van der Waals surface area (Å²) in [6.45, 7) is 13.3. The fraction of sp³-hybridized carbons (Fsp3) is 0.889. The maximum absolute atomic E-state index is 12.1. The van der Waals surface area contributed by atoms with Gasteiger partial charge in [0.1, 0.15) is 11.2 Å². The molecule has 1 aliphatic rings. The molecular weight excluding hydrogens is 308 g/mol. The molecule has 0 aromatic heterocycles. The number of rotatable bonds is 3. The Morgan fingerprint density at radius 3 is 2.21 bits per heavy atom. The number of amides is 2. The summed E-state index contributed by atoms with van der Waals surface area (Å²) >= 11 is 0. The van der Waals surface area contributed by atoms with Crippen molar-refractivity contribution in [3.8, 4) is 0 Å². The first-order valence-electron chi connectivity index (χ1n) is 8.91. The van der Waals surface area contributed by atoms with E-state index in [0.717, 1.165) is 32.2 Å². The van der Waals surface area contributed by atoms with Gasteiger partial charge < -0.3 is 19.7 Å².